The van der Waals surface area contributed by atoms with E-state index in [0.29, 0.717) is 18.2 Å². The maximum absolute atomic E-state index is 13.9. The lowest BCUT2D eigenvalue weighted by Crippen LogP contribution is -2.29. The second kappa shape index (κ2) is 8.87. The van der Waals surface area contributed by atoms with Gasteiger partial charge in [0.1, 0.15) is 5.75 Å². The van der Waals surface area contributed by atoms with Gasteiger partial charge < -0.3 is 15.4 Å². The number of pyridine rings is 1. The molecule has 34 heavy (non-hydrogen) atoms. The van der Waals surface area contributed by atoms with Crippen LogP contribution in [0.15, 0.2) is 60.9 Å². The van der Waals surface area contributed by atoms with E-state index in [1.54, 1.807) is 25.3 Å². The van der Waals surface area contributed by atoms with E-state index in [1.807, 2.05) is 27.5 Å². The Morgan fingerprint density at radius 2 is 2.00 bits per heavy atom. The van der Waals surface area contributed by atoms with Crippen molar-refractivity contribution in [2.45, 2.75) is 25.8 Å². The van der Waals surface area contributed by atoms with Gasteiger partial charge in [0, 0.05) is 24.5 Å². The van der Waals surface area contributed by atoms with Gasteiger partial charge >= 0.3 is 0 Å². The zero-order valence-corrected chi connectivity index (χ0v) is 18.5. The van der Waals surface area contributed by atoms with Crippen molar-refractivity contribution < 1.29 is 13.9 Å². The summed E-state index contributed by atoms with van der Waals surface area (Å²) < 4.78 is 21.3. The fourth-order valence-corrected chi connectivity index (χ4v) is 4.45. The number of nitrogens with two attached hydrogens (primary N) is 1. The summed E-state index contributed by atoms with van der Waals surface area (Å²) in [6.07, 6.45) is 4.90. The summed E-state index contributed by atoms with van der Waals surface area (Å²) in [6, 6.07) is 13.9. The average molecular weight is 455 g/mol. The molecule has 5 rings (SSSR count). The second-order valence-electron chi connectivity index (χ2n) is 7.96. The van der Waals surface area contributed by atoms with Crippen LogP contribution in [0.4, 0.5) is 10.3 Å². The Morgan fingerprint density at radius 1 is 1.18 bits per heavy atom. The number of benzene rings is 1. The van der Waals surface area contributed by atoms with Crippen LogP contribution in [0.5, 0.6) is 11.6 Å². The lowest BCUT2D eigenvalue weighted by molar-refractivity contribution is -0.125. The molecule has 0 radical (unpaired) electrons. The number of carbonyl (C=O) groups excluding carboxylic acids is 1. The number of hydrogen-bond donors (Lipinski definition) is 1. The van der Waals surface area contributed by atoms with E-state index in [2.05, 4.69) is 27.9 Å². The van der Waals surface area contributed by atoms with Crippen molar-refractivity contribution in [2.75, 3.05) is 12.3 Å². The highest BCUT2D eigenvalue weighted by atomic mass is 19.1. The third kappa shape index (κ3) is 3.82. The van der Waals surface area contributed by atoms with E-state index < -0.39 is 5.82 Å². The molecule has 170 valence electrons. The maximum atomic E-state index is 13.9. The minimum absolute atomic E-state index is 0.0831. The Morgan fingerprint density at radius 3 is 2.76 bits per heavy atom. The van der Waals surface area contributed by atoms with E-state index in [-0.39, 0.29) is 17.8 Å². The Balaban J connectivity index is 1.54. The summed E-state index contributed by atoms with van der Waals surface area (Å²) in [7, 11) is 0. The van der Waals surface area contributed by atoms with Gasteiger partial charge in [0.2, 0.25) is 5.95 Å². The first-order valence-electron chi connectivity index (χ1n) is 10.9. The number of ether oxygens (including phenoxy) is 1. The quantitative estimate of drug-likeness (QED) is 0.455. The maximum Gasteiger partial charge on any atom is 0.298 e. The van der Waals surface area contributed by atoms with Crippen molar-refractivity contribution in [1.82, 2.24) is 19.3 Å². The first kappa shape index (κ1) is 21.5. The molecule has 1 aromatic carbocycles. The van der Waals surface area contributed by atoms with Crippen LogP contribution < -0.4 is 10.5 Å². The Bertz CT molecular complexity index is 1440. The molecule has 4 aromatic rings. The van der Waals surface area contributed by atoms with Gasteiger partial charge in [0.15, 0.2) is 5.82 Å². The molecule has 0 bridgehead atoms. The van der Waals surface area contributed by atoms with Gasteiger partial charge in [-0.3, -0.25) is 9.20 Å². The number of rotatable bonds is 4. The fraction of sp³-hybridized carbons (Fsp3) is 0.192. The molecule has 0 spiro atoms. The summed E-state index contributed by atoms with van der Waals surface area (Å²) in [4.78, 5) is 22.6. The third-order valence-corrected chi connectivity index (χ3v) is 5.93. The molecule has 1 saturated heterocycles. The first-order chi connectivity index (χ1) is 16.6. The SMILES string of the molecule is CC#CC(=O)N1CCCC1c1cc(-c2ccc(Oc3ncccc3F)cc2)n2c(N)nccc12. The number of carbonyl (C=O) groups is 1. The Hall–Kier alpha value is -4.38. The number of fused-ring (bicyclic) bond motifs is 1. The average Bonchev–Trinajstić information content (AvgIpc) is 3.47. The molecule has 1 amide bonds. The summed E-state index contributed by atoms with van der Waals surface area (Å²) in [6.45, 7) is 2.33. The molecule has 8 heteroatoms. The highest BCUT2D eigenvalue weighted by Gasteiger charge is 2.32. The summed E-state index contributed by atoms with van der Waals surface area (Å²) in [5, 5.41) is 0. The molecule has 1 atom stereocenters. The molecule has 2 N–H and O–H groups in total. The molecule has 3 aromatic heterocycles. The van der Waals surface area contributed by atoms with Crippen LogP contribution in [0.3, 0.4) is 0 Å². The van der Waals surface area contributed by atoms with Crippen molar-refractivity contribution in [2.24, 2.45) is 0 Å². The monoisotopic (exact) mass is 455 g/mol. The normalized spacial score (nSPS) is 15.2. The van der Waals surface area contributed by atoms with E-state index >= 15 is 0 Å². The highest BCUT2D eigenvalue weighted by Crippen LogP contribution is 2.39. The van der Waals surface area contributed by atoms with Gasteiger partial charge in [-0.1, -0.05) is 5.92 Å². The largest absolute Gasteiger partial charge is 0.436 e. The van der Waals surface area contributed by atoms with Crippen molar-refractivity contribution in [3.05, 3.63) is 72.3 Å². The van der Waals surface area contributed by atoms with Crippen LogP contribution in [-0.4, -0.2) is 31.7 Å². The number of anilines is 1. The molecule has 0 saturated carbocycles. The number of halogens is 1. The molecular weight excluding hydrogens is 433 g/mol. The van der Waals surface area contributed by atoms with Gasteiger partial charge in [0.05, 0.1) is 17.3 Å². The van der Waals surface area contributed by atoms with Gasteiger partial charge in [-0.05, 0) is 79.8 Å². The van der Waals surface area contributed by atoms with E-state index in [4.69, 9.17) is 10.5 Å². The van der Waals surface area contributed by atoms with Gasteiger partial charge in [0.25, 0.3) is 11.8 Å². The van der Waals surface area contributed by atoms with Crippen LogP contribution in [0, 0.1) is 17.7 Å². The van der Waals surface area contributed by atoms with Gasteiger partial charge in [-0.2, -0.15) is 0 Å². The molecule has 1 aliphatic heterocycles. The van der Waals surface area contributed by atoms with Crippen LogP contribution in [0.2, 0.25) is 0 Å². The standard InChI is InChI=1S/C26H22FN5O2/c1-2-5-24(33)31-15-4-7-21(31)19-16-23(32-22(19)12-14-30-26(32)28)17-8-10-18(11-9-17)34-25-20(27)6-3-13-29-25/h3,6,8-14,16,21H,4,7,15H2,1H3,(H2,28,30). The minimum atomic E-state index is -0.531. The van der Waals surface area contributed by atoms with Crippen molar-refractivity contribution >= 4 is 17.4 Å². The number of amides is 1. The van der Waals surface area contributed by atoms with E-state index in [1.165, 1.54) is 18.3 Å². The molecule has 7 nitrogen and oxygen atoms in total. The number of nitrogen functional groups attached to an aromatic ring is 1. The molecule has 4 heterocycles. The molecule has 1 aliphatic rings. The predicted octanol–water partition coefficient (Wildman–Crippen LogP) is 4.60. The lowest BCUT2D eigenvalue weighted by atomic mass is 10.0. The van der Waals surface area contributed by atoms with Gasteiger partial charge in [-0.25, -0.2) is 14.4 Å². The molecular formula is C26H22FN5O2. The van der Waals surface area contributed by atoms with Crippen LogP contribution in [0.1, 0.15) is 31.4 Å². The van der Waals surface area contributed by atoms with Crippen molar-refractivity contribution in [3.63, 3.8) is 0 Å². The number of hydrogen-bond acceptors (Lipinski definition) is 5. The summed E-state index contributed by atoms with van der Waals surface area (Å²) in [5.74, 6) is 5.39. The van der Waals surface area contributed by atoms with Crippen LogP contribution in [0.25, 0.3) is 16.8 Å². The van der Waals surface area contributed by atoms with Crippen LogP contribution in [-0.2, 0) is 4.79 Å². The highest BCUT2D eigenvalue weighted by molar-refractivity contribution is 5.94. The summed E-state index contributed by atoms with van der Waals surface area (Å²) >= 11 is 0. The van der Waals surface area contributed by atoms with Crippen molar-refractivity contribution in [1.29, 1.82) is 0 Å². The topological polar surface area (TPSA) is 85.8 Å². The predicted molar refractivity (Wildman–Crippen MR) is 126 cm³/mol. The first-order valence-corrected chi connectivity index (χ1v) is 10.9. The van der Waals surface area contributed by atoms with Gasteiger partial charge in [-0.15, -0.1) is 0 Å². The lowest BCUT2D eigenvalue weighted by Gasteiger charge is -2.22. The number of nitrogens with zero attached hydrogens (tertiary/aromatic N) is 4. The van der Waals surface area contributed by atoms with Crippen molar-refractivity contribution in [3.8, 4) is 34.7 Å². The Labute approximate surface area is 196 Å². The number of likely N-dealkylation sites (tertiary alicyclic amines) is 1. The smallest absolute Gasteiger partial charge is 0.298 e. The number of aromatic nitrogens is 3. The second-order valence-corrected chi connectivity index (χ2v) is 7.96. The molecule has 0 aliphatic carbocycles. The Kier molecular flexibility index (Phi) is 5.60. The van der Waals surface area contributed by atoms with Crippen LogP contribution >= 0.6 is 0 Å². The zero-order valence-electron chi connectivity index (χ0n) is 18.5. The summed E-state index contributed by atoms with van der Waals surface area (Å²) in [5.41, 5.74) is 9.88. The fourth-order valence-electron chi connectivity index (χ4n) is 4.45. The molecule has 1 fully saturated rings. The minimum Gasteiger partial charge on any atom is -0.436 e. The third-order valence-electron chi connectivity index (χ3n) is 5.93. The zero-order chi connectivity index (χ0) is 23.7. The van der Waals surface area contributed by atoms with E-state index in [0.717, 1.165) is 35.2 Å². The van der Waals surface area contributed by atoms with E-state index in [9.17, 15) is 9.18 Å². The molecule has 1 unspecified atom stereocenters.